The molecule has 18 heavy (non-hydrogen) atoms. The van der Waals surface area contributed by atoms with Gasteiger partial charge in [0.25, 0.3) is 0 Å². The Labute approximate surface area is 119 Å². The first-order valence-electron chi connectivity index (χ1n) is 5.81. The van der Waals surface area contributed by atoms with Gasteiger partial charge in [-0.1, -0.05) is 6.07 Å². The minimum atomic E-state index is 0.328. The van der Waals surface area contributed by atoms with Crippen LogP contribution in [-0.2, 0) is 12.8 Å². The van der Waals surface area contributed by atoms with Crippen LogP contribution in [0.5, 0.6) is 11.5 Å². The number of benzene rings is 1. The van der Waals surface area contributed by atoms with Crippen LogP contribution in [0.4, 0.5) is 0 Å². The zero-order chi connectivity index (χ0) is 12.4. The van der Waals surface area contributed by atoms with E-state index in [1.165, 1.54) is 9.13 Å². The van der Waals surface area contributed by atoms with E-state index in [-0.39, 0.29) is 0 Å². The standard InChI is InChI=1S/C14H12INO2/c15-12-8-14-13(17-9-18-14)7-10(12)4-5-11-3-1-2-6-16-11/h1-3,6-8H,4-5,9H2. The predicted molar refractivity (Wildman–Crippen MR) is 76.9 cm³/mol. The summed E-state index contributed by atoms with van der Waals surface area (Å²) in [5.74, 6) is 1.70. The van der Waals surface area contributed by atoms with Crippen molar-refractivity contribution >= 4 is 22.6 Å². The third-order valence-corrected chi connectivity index (χ3v) is 3.92. The molecular formula is C14H12INO2. The zero-order valence-electron chi connectivity index (χ0n) is 9.73. The maximum Gasteiger partial charge on any atom is 0.231 e. The van der Waals surface area contributed by atoms with Crippen molar-refractivity contribution in [2.75, 3.05) is 6.79 Å². The van der Waals surface area contributed by atoms with Crippen LogP contribution in [0, 0.1) is 3.57 Å². The third kappa shape index (κ3) is 2.43. The summed E-state index contributed by atoms with van der Waals surface area (Å²) >= 11 is 2.34. The van der Waals surface area contributed by atoms with Crippen molar-refractivity contribution in [1.82, 2.24) is 4.98 Å². The summed E-state index contributed by atoms with van der Waals surface area (Å²) in [6, 6.07) is 10.1. The van der Waals surface area contributed by atoms with Crippen molar-refractivity contribution in [3.05, 3.63) is 51.4 Å². The molecule has 1 aliphatic heterocycles. The molecule has 0 saturated heterocycles. The Bertz CT molecular complexity index is 557. The fourth-order valence-electron chi connectivity index (χ4n) is 1.96. The predicted octanol–water partition coefficient (Wildman–Crippen LogP) is 3.20. The molecule has 1 aliphatic rings. The van der Waals surface area contributed by atoms with E-state index in [2.05, 4.69) is 39.7 Å². The highest BCUT2D eigenvalue weighted by molar-refractivity contribution is 14.1. The lowest BCUT2D eigenvalue weighted by molar-refractivity contribution is 0.174. The Morgan fingerprint density at radius 3 is 2.72 bits per heavy atom. The van der Waals surface area contributed by atoms with E-state index >= 15 is 0 Å². The molecule has 3 nitrogen and oxygen atoms in total. The van der Waals surface area contributed by atoms with Gasteiger partial charge in [-0.3, -0.25) is 4.98 Å². The summed E-state index contributed by atoms with van der Waals surface area (Å²) in [7, 11) is 0. The molecule has 2 aromatic rings. The first-order chi connectivity index (χ1) is 8.83. The fourth-order valence-corrected chi connectivity index (χ4v) is 2.67. The van der Waals surface area contributed by atoms with Crippen LogP contribution in [-0.4, -0.2) is 11.8 Å². The van der Waals surface area contributed by atoms with Crippen molar-refractivity contribution in [2.24, 2.45) is 0 Å². The van der Waals surface area contributed by atoms with Crippen molar-refractivity contribution in [3.63, 3.8) is 0 Å². The summed E-state index contributed by atoms with van der Waals surface area (Å²) < 4.78 is 12.0. The van der Waals surface area contributed by atoms with Gasteiger partial charge in [0.05, 0.1) is 0 Å². The van der Waals surface area contributed by atoms with Crippen LogP contribution in [0.3, 0.4) is 0 Å². The number of hydrogen-bond acceptors (Lipinski definition) is 3. The van der Waals surface area contributed by atoms with E-state index in [1.54, 1.807) is 0 Å². The third-order valence-electron chi connectivity index (χ3n) is 2.92. The highest BCUT2D eigenvalue weighted by Gasteiger charge is 2.16. The molecule has 0 N–H and O–H groups in total. The van der Waals surface area contributed by atoms with Gasteiger partial charge in [0, 0.05) is 15.5 Å². The highest BCUT2D eigenvalue weighted by atomic mass is 127. The van der Waals surface area contributed by atoms with E-state index in [0.717, 1.165) is 30.0 Å². The minimum Gasteiger partial charge on any atom is -0.454 e. The largest absolute Gasteiger partial charge is 0.454 e. The molecule has 4 heteroatoms. The average Bonchev–Trinajstić information content (AvgIpc) is 2.84. The molecule has 2 heterocycles. The highest BCUT2D eigenvalue weighted by Crippen LogP contribution is 2.35. The van der Waals surface area contributed by atoms with Crippen LogP contribution in [0.25, 0.3) is 0 Å². The van der Waals surface area contributed by atoms with Gasteiger partial charge in [-0.2, -0.15) is 0 Å². The quantitative estimate of drug-likeness (QED) is 0.795. The number of rotatable bonds is 3. The molecular weight excluding hydrogens is 341 g/mol. The Balaban J connectivity index is 1.77. The summed E-state index contributed by atoms with van der Waals surface area (Å²) in [4.78, 5) is 4.34. The van der Waals surface area contributed by atoms with Gasteiger partial charge < -0.3 is 9.47 Å². The Morgan fingerprint density at radius 1 is 1.11 bits per heavy atom. The van der Waals surface area contributed by atoms with Gasteiger partial charge in [-0.15, -0.1) is 0 Å². The van der Waals surface area contributed by atoms with E-state index in [1.807, 2.05) is 24.4 Å². The summed E-state index contributed by atoms with van der Waals surface area (Å²) in [5.41, 5.74) is 2.40. The van der Waals surface area contributed by atoms with Crippen LogP contribution >= 0.6 is 22.6 Å². The maximum absolute atomic E-state index is 5.40. The van der Waals surface area contributed by atoms with Gasteiger partial charge in [-0.25, -0.2) is 0 Å². The van der Waals surface area contributed by atoms with Gasteiger partial charge in [-0.05, 0) is 65.3 Å². The zero-order valence-corrected chi connectivity index (χ0v) is 11.9. The number of nitrogens with zero attached hydrogens (tertiary/aromatic N) is 1. The molecule has 0 saturated carbocycles. The normalized spacial score (nSPS) is 12.7. The number of halogens is 1. The molecule has 0 unspecified atom stereocenters. The molecule has 0 spiro atoms. The van der Waals surface area contributed by atoms with Crippen molar-refractivity contribution < 1.29 is 9.47 Å². The van der Waals surface area contributed by atoms with Crippen molar-refractivity contribution in [2.45, 2.75) is 12.8 Å². The minimum absolute atomic E-state index is 0.328. The summed E-state index contributed by atoms with van der Waals surface area (Å²) in [6.45, 7) is 0.328. The first-order valence-corrected chi connectivity index (χ1v) is 6.89. The number of hydrogen-bond donors (Lipinski definition) is 0. The first kappa shape index (κ1) is 11.8. The second-order valence-electron chi connectivity index (χ2n) is 4.12. The van der Waals surface area contributed by atoms with E-state index in [4.69, 9.17) is 9.47 Å². The van der Waals surface area contributed by atoms with Crippen LogP contribution in [0.15, 0.2) is 36.5 Å². The summed E-state index contributed by atoms with van der Waals surface area (Å²) in [5, 5.41) is 0. The topological polar surface area (TPSA) is 31.4 Å². The SMILES string of the molecule is Ic1cc2c(cc1CCc1ccccn1)OCO2. The van der Waals surface area contributed by atoms with E-state index in [9.17, 15) is 0 Å². The lowest BCUT2D eigenvalue weighted by Crippen LogP contribution is -1.96. The second-order valence-corrected chi connectivity index (χ2v) is 5.28. The lowest BCUT2D eigenvalue weighted by Gasteiger charge is -2.06. The van der Waals surface area contributed by atoms with Crippen molar-refractivity contribution in [3.8, 4) is 11.5 Å². The monoisotopic (exact) mass is 353 g/mol. The average molecular weight is 353 g/mol. The number of fused-ring (bicyclic) bond motifs is 1. The number of aromatic nitrogens is 1. The van der Waals surface area contributed by atoms with Crippen LogP contribution in [0.1, 0.15) is 11.3 Å². The van der Waals surface area contributed by atoms with Gasteiger partial charge in [0.15, 0.2) is 11.5 Å². The summed E-state index contributed by atoms with van der Waals surface area (Å²) in [6.07, 6.45) is 3.74. The molecule has 0 bridgehead atoms. The molecule has 0 fully saturated rings. The Hall–Kier alpha value is -1.30. The molecule has 0 aliphatic carbocycles. The molecule has 92 valence electrons. The second kappa shape index (κ2) is 5.14. The van der Waals surface area contributed by atoms with E-state index in [0.29, 0.717) is 6.79 Å². The smallest absolute Gasteiger partial charge is 0.231 e. The fraction of sp³-hybridized carbons (Fsp3) is 0.214. The molecule has 0 amide bonds. The molecule has 1 aromatic heterocycles. The molecule has 0 atom stereocenters. The Kier molecular flexibility index (Phi) is 3.36. The molecule has 1 aromatic carbocycles. The van der Waals surface area contributed by atoms with E-state index < -0.39 is 0 Å². The molecule has 3 rings (SSSR count). The lowest BCUT2D eigenvalue weighted by atomic mass is 10.1. The maximum atomic E-state index is 5.40. The van der Waals surface area contributed by atoms with Gasteiger partial charge in [0.2, 0.25) is 6.79 Å². The Morgan fingerprint density at radius 2 is 1.94 bits per heavy atom. The molecule has 0 radical (unpaired) electrons. The van der Waals surface area contributed by atoms with Gasteiger partial charge in [0.1, 0.15) is 0 Å². The number of aryl methyl sites for hydroxylation is 2. The van der Waals surface area contributed by atoms with Crippen LogP contribution < -0.4 is 9.47 Å². The number of ether oxygens (including phenoxy) is 2. The van der Waals surface area contributed by atoms with Gasteiger partial charge >= 0.3 is 0 Å². The van der Waals surface area contributed by atoms with Crippen LogP contribution in [0.2, 0.25) is 0 Å². The van der Waals surface area contributed by atoms with Crippen molar-refractivity contribution in [1.29, 1.82) is 0 Å². The number of pyridine rings is 1.